The molecule has 5 rings (SSSR count). The van der Waals surface area contributed by atoms with E-state index in [-0.39, 0.29) is 24.7 Å². The molecule has 1 fully saturated rings. The van der Waals surface area contributed by atoms with Crippen molar-refractivity contribution in [3.05, 3.63) is 101 Å². The Hall–Kier alpha value is -4.03. The molecule has 1 aromatic heterocycles. The van der Waals surface area contributed by atoms with Crippen LogP contribution in [-0.4, -0.2) is 50.1 Å². The third kappa shape index (κ3) is 8.29. The van der Waals surface area contributed by atoms with Gasteiger partial charge in [0.1, 0.15) is 6.33 Å². The van der Waals surface area contributed by atoms with Crippen molar-refractivity contribution in [2.75, 3.05) is 5.75 Å². The van der Waals surface area contributed by atoms with Crippen molar-refractivity contribution < 1.29 is 28.9 Å². The number of aromatic amines is 1. The second kappa shape index (κ2) is 14.4. The molecular weight excluding hydrogens is 568 g/mol. The fraction of sp³-hybridized carbons (Fsp3) is 0.312. The second-order valence-corrected chi connectivity index (χ2v) is 11.3. The lowest BCUT2D eigenvalue weighted by molar-refractivity contribution is -0.245. The van der Waals surface area contributed by atoms with Gasteiger partial charge in [0.15, 0.2) is 17.6 Å². The van der Waals surface area contributed by atoms with Crippen molar-refractivity contribution in [2.24, 2.45) is 0 Å². The van der Waals surface area contributed by atoms with Gasteiger partial charge in [0.25, 0.3) is 5.91 Å². The number of aromatic nitrogens is 3. The summed E-state index contributed by atoms with van der Waals surface area (Å²) in [6.45, 7) is 3.13. The van der Waals surface area contributed by atoms with Crippen LogP contribution in [0.15, 0.2) is 84.3 Å². The van der Waals surface area contributed by atoms with Crippen LogP contribution in [0, 0.1) is 0 Å². The van der Waals surface area contributed by atoms with E-state index in [4.69, 9.17) is 14.2 Å². The Balaban J connectivity index is 1.28. The second-order valence-electron chi connectivity index (χ2n) is 10.2. The van der Waals surface area contributed by atoms with Crippen LogP contribution in [0.4, 0.5) is 0 Å². The molecule has 224 valence electrons. The molecule has 0 unspecified atom stereocenters. The minimum atomic E-state index is -0.850. The normalized spacial score (nSPS) is 19.0. The molecule has 3 N–H and O–H groups in total. The van der Waals surface area contributed by atoms with Crippen LogP contribution in [0.5, 0.6) is 0 Å². The minimum Gasteiger partial charge on any atom is -0.453 e. The number of esters is 1. The van der Waals surface area contributed by atoms with Gasteiger partial charge in [-0.1, -0.05) is 78.5 Å². The van der Waals surface area contributed by atoms with Crippen LogP contribution < -0.4 is 5.32 Å². The minimum absolute atomic E-state index is 0.00678. The molecule has 4 atom stereocenters. The van der Waals surface area contributed by atoms with Crippen molar-refractivity contribution in [2.45, 2.75) is 63.2 Å². The summed E-state index contributed by atoms with van der Waals surface area (Å²) in [7, 11) is 0. The van der Waals surface area contributed by atoms with Crippen LogP contribution >= 0.6 is 11.8 Å². The van der Waals surface area contributed by atoms with E-state index in [1.54, 1.807) is 18.7 Å². The van der Waals surface area contributed by atoms with Gasteiger partial charge < -0.3 is 24.6 Å². The Kier molecular flexibility index (Phi) is 10.2. The van der Waals surface area contributed by atoms with Crippen molar-refractivity contribution in [1.82, 2.24) is 20.5 Å². The predicted octanol–water partition coefficient (Wildman–Crippen LogP) is 4.87. The molecule has 11 heteroatoms. The average Bonchev–Trinajstić information content (AvgIpc) is 3.56. The number of thioether (sulfide) groups is 1. The first-order valence-corrected chi connectivity index (χ1v) is 15.0. The van der Waals surface area contributed by atoms with Gasteiger partial charge in [0.2, 0.25) is 0 Å². The van der Waals surface area contributed by atoms with Gasteiger partial charge in [-0.25, -0.2) is 4.98 Å². The number of nitrogens with zero attached hydrogens (tertiary/aromatic N) is 2. The van der Waals surface area contributed by atoms with Crippen molar-refractivity contribution in [1.29, 1.82) is 0 Å². The molecule has 2 heterocycles. The topological polar surface area (TPSA) is 136 Å². The number of amides is 1. The third-order valence-corrected chi connectivity index (χ3v) is 8.04. The molecule has 4 aromatic rings. The number of nitrogens with one attached hydrogen (secondary N) is 2. The average molecular weight is 603 g/mol. The summed E-state index contributed by atoms with van der Waals surface area (Å²) < 4.78 is 17.8. The number of ether oxygens (including phenoxy) is 3. The van der Waals surface area contributed by atoms with E-state index < -0.39 is 18.4 Å². The molecular formula is C32H34N4O6S. The number of carbonyl (C=O) groups excluding carboxylic acids is 2. The van der Waals surface area contributed by atoms with E-state index in [9.17, 15) is 14.7 Å². The van der Waals surface area contributed by atoms with Crippen LogP contribution in [0.1, 0.15) is 54.9 Å². The first-order valence-electron chi connectivity index (χ1n) is 14.0. The predicted molar refractivity (Wildman–Crippen MR) is 160 cm³/mol. The summed E-state index contributed by atoms with van der Waals surface area (Å²) in [6, 6.07) is 23.8. The standard InChI is InChI=1S/C32H34N4O6S/c1-20(40-21(2)38)30(39)33-16-23-4-3-5-27(14-23)24-10-12-26(13-11-24)31-41-28(18-43-32-34-19-35-36-32)15-29(42-31)25-8-6-22(17-37)7-9-25/h3-14,19-20,28-29,31,37H,15-18H2,1-2H3,(H,33,39)(H,34,35,36)/t20-,28-,29+,31+/m0/s1. The first kappa shape index (κ1) is 30.4. The lowest BCUT2D eigenvalue weighted by Gasteiger charge is -2.36. The first-order chi connectivity index (χ1) is 20.9. The zero-order valence-corrected chi connectivity index (χ0v) is 24.8. The summed E-state index contributed by atoms with van der Waals surface area (Å²) in [5.74, 6) is -0.163. The number of aliphatic hydroxyl groups excluding tert-OH is 1. The smallest absolute Gasteiger partial charge is 0.303 e. The summed E-state index contributed by atoms with van der Waals surface area (Å²) in [5.41, 5.74) is 5.71. The van der Waals surface area contributed by atoms with E-state index in [2.05, 4.69) is 20.5 Å². The molecule has 0 bridgehead atoms. The highest BCUT2D eigenvalue weighted by Gasteiger charge is 2.32. The SMILES string of the molecule is CC(=O)O[C@@H](C)C(=O)NCc1cccc(-c2ccc([C@@H]3O[C@H](CSc4ncn[nH]4)C[C@H](c4ccc(CO)cc4)O3)cc2)c1. The van der Waals surface area contributed by atoms with Crippen molar-refractivity contribution in [3.8, 4) is 11.1 Å². The Morgan fingerprint density at radius 2 is 1.81 bits per heavy atom. The van der Waals surface area contributed by atoms with Gasteiger partial charge in [-0.15, -0.1) is 0 Å². The number of H-pyrrole nitrogens is 1. The van der Waals surface area contributed by atoms with E-state index in [1.807, 2.05) is 72.8 Å². The maximum atomic E-state index is 12.2. The Morgan fingerprint density at radius 1 is 1.05 bits per heavy atom. The lowest BCUT2D eigenvalue weighted by Crippen LogP contribution is -2.35. The zero-order chi connectivity index (χ0) is 30.2. The number of carbonyl (C=O) groups is 2. The number of hydrogen-bond acceptors (Lipinski definition) is 9. The van der Waals surface area contributed by atoms with Crippen LogP contribution in [0.25, 0.3) is 11.1 Å². The van der Waals surface area contributed by atoms with E-state index >= 15 is 0 Å². The molecule has 1 saturated heterocycles. The van der Waals surface area contributed by atoms with Crippen LogP contribution in [0.2, 0.25) is 0 Å². The van der Waals surface area contributed by atoms with E-state index in [1.165, 1.54) is 13.3 Å². The van der Waals surface area contributed by atoms with Gasteiger partial charge in [0.05, 0.1) is 18.8 Å². The summed E-state index contributed by atoms with van der Waals surface area (Å²) in [5, 5.41) is 19.8. The Morgan fingerprint density at radius 3 is 2.51 bits per heavy atom. The van der Waals surface area contributed by atoms with Crippen LogP contribution in [0.3, 0.4) is 0 Å². The highest BCUT2D eigenvalue weighted by molar-refractivity contribution is 7.99. The largest absolute Gasteiger partial charge is 0.453 e. The van der Waals surface area contributed by atoms with Gasteiger partial charge in [-0.05, 0) is 40.8 Å². The molecule has 3 aromatic carbocycles. The molecule has 43 heavy (non-hydrogen) atoms. The molecule has 1 aliphatic rings. The lowest BCUT2D eigenvalue weighted by atomic mass is 9.99. The summed E-state index contributed by atoms with van der Waals surface area (Å²) >= 11 is 1.55. The highest BCUT2D eigenvalue weighted by Crippen LogP contribution is 2.39. The fourth-order valence-electron chi connectivity index (χ4n) is 4.79. The molecule has 0 spiro atoms. The monoisotopic (exact) mass is 602 g/mol. The van der Waals surface area contributed by atoms with Gasteiger partial charge in [-0.2, -0.15) is 5.10 Å². The fourth-order valence-corrected chi connectivity index (χ4v) is 5.58. The van der Waals surface area contributed by atoms with E-state index in [0.717, 1.165) is 38.5 Å². The van der Waals surface area contributed by atoms with Crippen molar-refractivity contribution in [3.63, 3.8) is 0 Å². The highest BCUT2D eigenvalue weighted by atomic mass is 32.2. The van der Waals surface area contributed by atoms with Gasteiger partial charge in [0, 0.05) is 31.2 Å². The molecule has 0 aliphatic carbocycles. The summed E-state index contributed by atoms with van der Waals surface area (Å²) in [6.07, 6.45) is 0.482. The number of benzene rings is 3. The zero-order valence-electron chi connectivity index (χ0n) is 23.9. The molecule has 0 saturated carbocycles. The maximum Gasteiger partial charge on any atom is 0.303 e. The maximum absolute atomic E-state index is 12.2. The molecule has 1 aliphatic heterocycles. The number of rotatable bonds is 11. The van der Waals surface area contributed by atoms with Gasteiger partial charge >= 0.3 is 5.97 Å². The van der Waals surface area contributed by atoms with Crippen LogP contribution in [-0.2, 0) is 37.0 Å². The summed E-state index contributed by atoms with van der Waals surface area (Å²) in [4.78, 5) is 27.6. The number of aliphatic hydroxyl groups is 1. The molecule has 0 radical (unpaired) electrons. The number of hydrogen-bond donors (Lipinski definition) is 3. The Bertz CT molecular complexity index is 1500. The quantitative estimate of drug-likeness (QED) is 0.162. The van der Waals surface area contributed by atoms with Gasteiger partial charge in [-0.3, -0.25) is 14.7 Å². The Labute approximate surface area is 254 Å². The van der Waals surface area contributed by atoms with Crippen molar-refractivity contribution >= 4 is 23.6 Å². The third-order valence-electron chi connectivity index (χ3n) is 7.04. The molecule has 1 amide bonds. The van der Waals surface area contributed by atoms with E-state index in [0.29, 0.717) is 18.7 Å². The molecule has 10 nitrogen and oxygen atoms in total.